The minimum atomic E-state index is -0.769. The fourth-order valence-corrected chi connectivity index (χ4v) is 1.55. The molecule has 0 aromatic heterocycles. The van der Waals surface area contributed by atoms with Crippen LogP contribution < -0.4 is 10.1 Å². The standard InChI is InChI=1S/C15H23NO3/c1-11(2)19-13-7-5-12(6-8-13)16-10-9-15(3,4)14(17)18/h5-8,11,16H,9-10H2,1-4H3,(H,17,18). The number of carbonyl (C=O) groups is 1. The van der Waals surface area contributed by atoms with Crippen molar-refractivity contribution >= 4 is 11.7 Å². The van der Waals surface area contributed by atoms with Crippen LogP contribution in [0.5, 0.6) is 5.75 Å². The van der Waals surface area contributed by atoms with Crippen LogP contribution >= 0.6 is 0 Å². The van der Waals surface area contributed by atoms with Gasteiger partial charge in [-0.05, 0) is 58.4 Å². The number of aliphatic carboxylic acids is 1. The summed E-state index contributed by atoms with van der Waals surface area (Å²) in [4.78, 5) is 11.0. The van der Waals surface area contributed by atoms with E-state index < -0.39 is 11.4 Å². The summed E-state index contributed by atoms with van der Waals surface area (Å²) in [5.74, 6) is 0.0707. The van der Waals surface area contributed by atoms with Gasteiger partial charge in [-0.15, -0.1) is 0 Å². The van der Waals surface area contributed by atoms with Gasteiger partial charge in [-0.25, -0.2) is 0 Å². The number of rotatable bonds is 7. The lowest BCUT2D eigenvalue weighted by Gasteiger charge is -2.19. The Morgan fingerprint density at radius 1 is 1.32 bits per heavy atom. The smallest absolute Gasteiger partial charge is 0.309 e. The molecule has 0 bridgehead atoms. The van der Waals surface area contributed by atoms with Gasteiger partial charge in [0, 0.05) is 12.2 Å². The lowest BCUT2D eigenvalue weighted by atomic mass is 9.90. The number of carboxylic acid groups (broad SMARTS) is 1. The fourth-order valence-electron chi connectivity index (χ4n) is 1.55. The van der Waals surface area contributed by atoms with Gasteiger partial charge in [0.2, 0.25) is 0 Å². The molecule has 0 fully saturated rings. The molecule has 19 heavy (non-hydrogen) atoms. The van der Waals surface area contributed by atoms with Crippen LogP contribution in [-0.4, -0.2) is 23.7 Å². The Labute approximate surface area is 114 Å². The molecule has 4 nitrogen and oxygen atoms in total. The highest BCUT2D eigenvalue weighted by Crippen LogP contribution is 2.21. The third kappa shape index (κ3) is 5.20. The average molecular weight is 265 g/mol. The summed E-state index contributed by atoms with van der Waals surface area (Å²) >= 11 is 0. The zero-order valence-electron chi connectivity index (χ0n) is 12.1. The summed E-state index contributed by atoms with van der Waals surface area (Å²) in [6, 6.07) is 7.69. The molecule has 1 rings (SSSR count). The molecule has 0 saturated carbocycles. The summed E-state index contributed by atoms with van der Waals surface area (Å²) in [5, 5.41) is 12.2. The summed E-state index contributed by atoms with van der Waals surface area (Å²) in [6.07, 6.45) is 0.738. The molecule has 0 aliphatic rings. The summed E-state index contributed by atoms with van der Waals surface area (Å²) in [7, 11) is 0. The van der Waals surface area contributed by atoms with Crippen molar-refractivity contribution in [3.8, 4) is 5.75 Å². The van der Waals surface area contributed by atoms with Crippen LogP contribution in [0.4, 0.5) is 5.69 Å². The number of hydrogen-bond donors (Lipinski definition) is 2. The highest BCUT2D eigenvalue weighted by molar-refractivity contribution is 5.73. The lowest BCUT2D eigenvalue weighted by molar-refractivity contribution is -0.147. The van der Waals surface area contributed by atoms with Gasteiger partial charge in [0.25, 0.3) is 0 Å². The molecule has 0 aliphatic carbocycles. The second-order valence-electron chi connectivity index (χ2n) is 5.56. The number of hydrogen-bond acceptors (Lipinski definition) is 3. The van der Waals surface area contributed by atoms with Crippen molar-refractivity contribution < 1.29 is 14.6 Å². The molecule has 0 amide bonds. The molecule has 0 spiro atoms. The molecule has 0 aliphatic heterocycles. The quantitative estimate of drug-likeness (QED) is 0.793. The molecule has 0 saturated heterocycles. The van der Waals surface area contributed by atoms with E-state index in [2.05, 4.69) is 5.32 Å². The molecule has 1 aromatic rings. The number of nitrogens with one attached hydrogen (secondary N) is 1. The normalized spacial score (nSPS) is 11.4. The Bertz CT molecular complexity index is 410. The molecular weight excluding hydrogens is 242 g/mol. The number of carboxylic acids is 1. The van der Waals surface area contributed by atoms with Gasteiger partial charge in [0.1, 0.15) is 5.75 Å². The molecule has 0 atom stereocenters. The van der Waals surface area contributed by atoms with Gasteiger partial charge in [-0.1, -0.05) is 0 Å². The molecule has 2 N–H and O–H groups in total. The van der Waals surface area contributed by atoms with Crippen molar-refractivity contribution in [1.29, 1.82) is 0 Å². The Kier molecular flexibility index (Phi) is 5.21. The number of anilines is 1. The highest BCUT2D eigenvalue weighted by Gasteiger charge is 2.26. The molecule has 4 heteroatoms. The van der Waals surface area contributed by atoms with Crippen molar-refractivity contribution in [3.05, 3.63) is 24.3 Å². The zero-order chi connectivity index (χ0) is 14.5. The largest absolute Gasteiger partial charge is 0.491 e. The van der Waals surface area contributed by atoms with Crippen molar-refractivity contribution in [2.75, 3.05) is 11.9 Å². The zero-order valence-corrected chi connectivity index (χ0v) is 12.1. The number of ether oxygens (including phenoxy) is 1. The Balaban J connectivity index is 2.44. The van der Waals surface area contributed by atoms with Crippen molar-refractivity contribution in [2.45, 2.75) is 40.2 Å². The predicted molar refractivity (Wildman–Crippen MR) is 76.7 cm³/mol. The maximum atomic E-state index is 11.0. The fraction of sp³-hybridized carbons (Fsp3) is 0.533. The van der Waals surface area contributed by atoms with Gasteiger partial charge in [0.15, 0.2) is 0 Å². The molecule has 0 heterocycles. The van der Waals surface area contributed by atoms with Gasteiger partial charge in [-0.3, -0.25) is 4.79 Å². The first-order valence-electron chi connectivity index (χ1n) is 6.55. The third-order valence-electron chi connectivity index (χ3n) is 2.88. The van der Waals surface area contributed by atoms with E-state index in [-0.39, 0.29) is 6.10 Å². The van der Waals surface area contributed by atoms with Crippen LogP contribution in [0.1, 0.15) is 34.1 Å². The van der Waals surface area contributed by atoms with Crippen LogP contribution in [-0.2, 0) is 4.79 Å². The van der Waals surface area contributed by atoms with Crippen LogP contribution in [0.25, 0.3) is 0 Å². The first-order chi connectivity index (χ1) is 8.81. The lowest BCUT2D eigenvalue weighted by Crippen LogP contribution is -2.26. The minimum absolute atomic E-state index is 0.162. The Morgan fingerprint density at radius 2 is 1.89 bits per heavy atom. The van der Waals surface area contributed by atoms with E-state index in [1.807, 2.05) is 38.1 Å². The Hall–Kier alpha value is -1.71. The second kappa shape index (κ2) is 6.45. The summed E-state index contributed by atoms with van der Waals surface area (Å²) in [5.41, 5.74) is 0.269. The van der Waals surface area contributed by atoms with Crippen molar-refractivity contribution in [1.82, 2.24) is 0 Å². The first kappa shape index (κ1) is 15.3. The topological polar surface area (TPSA) is 58.6 Å². The van der Waals surface area contributed by atoms with E-state index in [9.17, 15) is 4.79 Å². The average Bonchev–Trinajstić information content (AvgIpc) is 2.30. The van der Waals surface area contributed by atoms with Crippen LogP contribution in [0, 0.1) is 5.41 Å². The van der Waals surface area contributed by atoms with Gasteiger partial charge in [-0.2, -0.15) is 0 Å². The summed E-state index contributed by atoms with van der Waals surface area (Å²) in [6.45, 7) is 8.07. The monoisotopic (exact) mass is 265 g/mol. The molecular formula is C15H23NO3. The summed E-state index contributed by atoms with van der Waals surface area (Å²) < 4.78 is 5.55. The van der Waals surface area contributed by atoms with Crippen LogP contribution in [0.3, 0.4) is 0 Å². The maximum Gasteiger partial charge on any atom is 0.309 e. The van der Waals surface area contributed by atoms with E-state index in [0.29, 0.717) is 13.0 Å². The highest BCUT2D eigenvalue weighted by atomic mass is 16.5. The van der Waals surface area contributed by atoms with Gasteiger partial charge >= 0.3 is 5.97 Å². The molecule has 0 radical (unpaired) electrons. The van der Waals surface area contributed by atoms with Crippen molar-refractivity contribution in [3.63, 3.8) is 0 Å². The van der Waals surface area contributed by atoms with Gasteiger partial charge in [0.05, 0.1) is 11.5 Å². The van der Waals surface area contributed by atoms with E-state index in [4.69, 9.17) is 9.84 Å². The van der Waals surface area contributed by atoms with E-state index in [1.54, 1.807) is 13.8 Å². The molecule has 106 valence electrons. The number of benzene rings is 1. The van der Waals surface area contributed by atoms with Crippen molar-refractivity contribution in [2.24, 2.45) is 5.41 Å². The minimum Gasteiger partial charge on any atom is -0.491 e. The van der Waals surface area contributed by atoms with E-state index in [0.717, 1.165) is 11.4 Å². The first-order valence-corrected chi connectivity index (χ1v) is 6.55. The maximum absolute atomic E-state index is 11.0. The predicted octanol–water partition coefficient (Wildman–Crippen LogP) is 3.39. The van der Waals surface area contributed by atoms with Crippen LogP contribution in [0.2, 0.25) is 0 Å². The SMILES string of the molecule is CC(C)Oc1ccc(NCCC(C)(C)C(=O)O)cc1. The third-order valence-corrected chi connectivity index (χ3v) is 2.88. The van der Waals surface area contributed by atoms with E-state index >= 15 is 0 Å². The van der Waals surface area contributed by atoms with E-state index in [1.165, 1.54) is 0 Å². The van der Waals surface area contributed by atoms with Crippen LogP contribution in [0.15, 0.2) is 24.3 Å². The molecule has 0 unspecified atom stereocenters. The second-order valence-corrected chi connectivity index (χ2v) is 5.56. The Morgan fingerprint density at radius 3 is 2.37 bits per heavy atom. The molecule has 1 aromatic carbocycles. The van der Waals surface area contributed by atoms with Gasteiger partial charge < -0.3 is 15.2 Å².